The Kier molecular flexibility index (Phi) is 5.31. The highest BCUT2D eigenvalue weighted by atomic mass is 32.2. The SMILES string of the molecule is COc1ccccc1SCC1(CS)CCCCC1. The summed E-state index contributed by atoms with van der Waals surface area (Å²) in [5.74, 6) is 3.17. The highest BCUT2D eigenvalue weighted by Gasteiger charge is 2.30. The first-order valence-electron chi connectivity index (χ1n) is 6.66. The second kappa shape index (κ2) is 6.76. The molecular weight excluding hydrogens is 260 g/mol. The van der Waals surface area contributed by atoms with Gasteiger partial charge in [0, 0.05) is 10.6 Å². The van der Waals surface area contributed by atoms with Crippen LogP contribution >= 0.6 is 24.4 Å². The molecular formula is C15H22OS2. The van der Waals surface area contributed by atoms with Crippen LogP contribution in [-0.2, 0) is 0 Å². The fraction of sp³-hybridized carbons (Fsp3) is 0.600. The molecule has 3 heteroatoms. The van der Waals surface area contributed by atoms with Gasteiger partial charge in [-0.15, -0.1) is 11.8 Å². The molecule has 1 saturated carbocycles. The van der Waals surface area contributed by atoms with Gasteiger partial charge in [-0.25, -0.2) is 0 Å². The van der Waals surface area contributed by atoms with Gasteiger partial charge >= 0.3 is 0 Å². The summed E-state index contributed by atoms with van der Waals surface area (Å²) in [5.41, 5.74) is 0.437. The van der Waals surface area contributed by atoms with E-state index in [-0.39, 0.29) is 0 Å². The Bertz CT molecular complexity index is 373. The van der Waals surface area contributed by atoms with Crippen molar-refractivity contribution in [3.8, 4) is 5.75 Å². The van der Waals surface area contributed by atoms with Gasteiger partial charge in [0.05, 0.1) is 7.11 Å². The number of para-hydroxylation sites is 1. The smallest absolute Gasteiger partial charge is 0.132 e. The Labute approximate surface area is 120 Å². The number of rotatable bonds is 5. The maximum atomic E-state index is 5.41. The third kappa shape index (κ3) is 3.39. The first-order chi connectivity index (χ1) is 8.79. The molecule has 100 valence electrons. The third-order valence-electron chi connectivity index (χ3n) is 3.85. The average molecular weight is 282 g/mol. The molecule has 0 heterocycles. The third-order valence-corrected chi connectivity index (χ3v) is 5.93. The largest absolute Gasteiger partial charge is 0.496 e. The van der Waals surface area contributed by atoms with Gasteiger partial charge < -0.3 is 4.74 Å². The predicted octanol–water partition coefficient (Wildman–Crippen LogP) is 4.67. The van der Waals surface area contributed by atoms with Crippen molar-refractivity contribution < 1.29 is 4.74 Å². The summed E-state index contributed by atoms with van der Waals surface area (Å²) in [7, 11) is 1.74. The van der Waals surface area contributed by atoms with Crippen LogP contribution < -0.4 is 4.74 Å². The summed E-state index contributed by atoms with van der Waals surface area (Å²) < 4.78 is 5.41. The molecule has 2 rings (SSSR count). The Morgan fingerprint density at radius 2 is 1.94 bits per heavy atom. The normalized spacial score (nSPS) is 18.6. The van der Waals surface area contributed by atoms with Crippen molar-refractivity contribution in [2.75, 3.05) is 18.6 Å². The molecule has 0 amide bonds. The molecule has 0 unspecified atom stereocenters. The Balaban J connectivity index is 2.01. The van der Waals surface area contributed by atoms with Crippen molar-refractivity contribution >= 4 is 24.4 Å². The summed E-state index contributed by atoms with van der Waals surface area (Å²) in [6.45, 7) is 0. The molecule has 0 saturated heterocycles. The Morgan fingerprint density at radius 3 is 2.61 bits per heavy atom. The zero-order valence-corrected chi connectivity index (χ0v) is 12.7. The molecule has 0 spiro atoms. The fourth-order valence-electron chi connectivity index (χ4n) is 2.62. The van der Waals surface area contributed by atoms with E-state index in [9.17, 15) is 0 Å². The number of methoxy groups -OCH3 is 1. The molecule has 1 aromatic carbocycles. The van der Waals surface area contributed by atoms with Gasteiger partial charge in [-0.3, -0.25) is 0 Å². The van der Waals surface area contributed by atoms with Crippen LogP contribution in [-0.4, -0.2) is 18.6 Å². The molecule has 0 N–H and O–H groups in total. The first kappa shape index (κ1) is 14.1. The van der Waals surface area contributed by atoms with Crippen molar-refractivity contribution in [1.29, 1.82) is 0 Å². The molecule has 0 radical (unpaired) electrons. The van der Waals surface area contributed by atoms with Gasteiger partial charge in [0.1, 0.15) is 5.75 Å². The van der Waals surface area contributed by atoms with E-state index < -0.39 is 0 Å². The quantitative estimate of drug-likeness (QED) is 0.621. The number of hydrogen-bond acceptors (Lipinski definition) is 3. The van der Waals surface area contributed by atoms with Gasteiger partial charge in [0.25, 0.3) is 0 Å². The van der Waals surface area contributed by atoms with Crippen LogP contribution in [0.15, 0.2) is 29.2 Å². The molecule has 18 heavy (non-hydrogen) atoms. The molecule has 1 aliphatic rings. The van der Waals surface area contributed by atoms with Crippen LogP contribution in [0.2, 0.25) is 0 Å². The van der Waals surface area contributed by atoms with Gasteiger partial charge in [-0.1, -0.05) is 31.4 Å². The van der Waals surface area contributed by atoms with Crippen LogP contribution in [0.25, 0.3) is 0 Å². The highest BCUT2D eigenvalue weighted by Crippen LogP contribution is 2.42. The molecule has 1 aromatic rings. The zero-order valence-electron chi connectivity index (χ0n) is 11.0. The standard InChI is InChI=1S/C15H22OS2/c1-16-13-7-3-4-8-14(13)18-12-15(11-17)9-5-2-6-10-15/h3-4,7-8,17H,2,5-6,9-12H2,1H3. The molecule has 1 aliphatic carbocycles. The fourth-order valence-corrected chi connectivity index (χ4v) is 4.52. The van der Waals surface area contributed by atoms with Crippen molar-refractivity contribution in [2.45, 2.75) is 37.0 Å². The van der Waals surface area contributed by atoms with Crippen molar-refractivity contribution in [3.63, 3.8) is 0 Å². The Morgan fingerprint density at radius 1 is 1.22 bits per heavy atom. The van der Waals surface area contributed by atoms with E-state index in [0.717, 1.165) is 17.3 Å². The zero-order chi connectivity index (χ0) is 12.8. The lowest BCUT2D eigenvalue weighted by molar-refractivity contribution is 0.258. The maximum absolute atomic E-state index is 5.41. The number of hydrogen-bond donors (Lipinski definition) is 1. The minimum absolute atomic E-state index is 0.437. The second-order valence-electron chi connectivity index (χ2n) is 5.16. The molecule has 0 aromatic heterocycles. The van der Waals surface area contributed by atoms with Gasteiger partial charge in [0.15, 0.2) is 0 Å². The minimum atomic E-state index is 0.437. The Hall–Kier alpha value is -0.280. The first-order valence-corrected chi connectivity index (χ1v) is 8.28. The predicted molar refractivity (Wildman–Crippen MR) is 83.1 cm³/mol. The molecule has 1 fully saturated rings. The molecule has 0 aliphatic heterocycles. The van der Waals surface area contributed by atoms with Crippen LogP contribution in [0.3, 0.4) is 0 Å². The van der Waals surface area contributed by atoms with Crippen molar-refractivity contribution in [2.24, 2.45) is 5.41 Å². The number of thioether (sulfide) groups is 1. The lowest BCUT2D eigenvalue weighted by Gasteiger charge is -2.35. The van der Waals surface area contributed by atoms with E-state index >= 15 is 0 Å². The van der Waals surface area contributed by atoms with Crippen molar-refractivity contribution in [1.82, 2.24) is 0 Å². The minimum Gasteiger partial charge on any atom is -0.496 e. The maximum Gasteiger partial charge on any atom is 0.132 e. The molecule has 0 atom stereocenters. The van der Waals surface area contributed by atoms with Crippen LogP contribution in [0, 0.1) is 5.41 Å². The van der Waals surface area contributed by atoms with E-state index in [4.69, 9.17) is 4.74 Å². The summed E-state index contributed by atoms with van der Waals surface area (Å²) in [4.78, 5) is 1.26. The summed E-state index contributed by atoms with van der Waals surface area (Å²) in [5, 5.41) is 0. The monoisotopic (exact) mass is 282 g/mol. The van der Waals surface area contributed by atoms with E-state index in [0.29, 0.717) is 5.41 Å². The van der Waals surface area contributed by atoms with Gasteiger partial charge in [-0.05, 0) is 36.1 Å². The summed E-state index contributed by atoms with van der Waals surface area (Å²) >= 11 is 6.53. The summed E-state index contributed by atoms with van der Waals surface area (Å²) in [6.07, 6.45) is 6.80. The van der Waals surface area contributed by atoms with Crippen molar-refractivity contribution in [3.05, 3.63) is 24.3 Å². The lowest BCUT2D eigenvalue weighted by atomic mass is 9.77. The summed E-state index contributed by atoms with van der Waals surface area (Å²) in [6, 6.07) is 8.30. The second-order valence-corrected chi connectivity index (χ2v) is 6.49. The number of thiol groups is 1. The van der Waals surface area contributed by atoms with E-state index in [2.05, 4.69) is 24.8 Å². The highest BCUT2D eigenvalue weighted by molar-refractivity contribution is 7.99. The lowest BCUT2D eigenvalue weighted by Crippen LogP contribution is -2.28. The van der Waals surface area contributed by atoms with Crippen LogP contribution in [0.1, 0.15) is 32.1 Å². The van der Waals surface area contributed by atoms with Gasteiger partial charge in [0.2, 0.25) is 0 Å². The topological polar surface area (TPSA) is 9.23 Å². The van der Waals surface area contributed by atoms with Crippen LogP contribution in [0.5, 0.6) is 5.75 Å². The molecule has 1 nitrogen and oxygen atoms in total. The number of benzene rings is 1. The molecule has 0 bridgehead atoms. The average Bonchev–Trinajstić information content (AvgIpc) is 2.46. The van der Waals surface area contributed by atoms with E-state index in [1.165, 1.54) is 37.0 Å². The van der Waals surface area contributed by atoms with Crippen LogP contribution in [0.4, 0.5) is 0 Å². The number of ether oxygens (including phenoxy) is 1. The van der Waals surface area contributed by atoms with E-state index in [1.54, 1.807) is 7.11 Å². The van der Waals surface area contributed by atoms with E-state index in [1.807, 2.05) is 23.9 Å². The van der Waals surface area contributed by atoms with Gasteiger partial charge in [-0.2, -0.15) is 12.6 Å².